The van der Waals surface area contributed by atoms with Gasteiger partial charge in [-0.25, -0.2) is 0 Å². The Balaban J connectivity index is 2.96. The van der Waals surface area contributed by atoms with Crippen LogP contribution in [-0.2, 0) is 4.79 Å². The molecular formula is C14H17F3N2OS2. The quantitative estimate of drug-likeness (QED) is 0.558. The summed E-state index contributed by atoms with van der Waals surface area (Å²) in [7, 11) is 1.64. The van der Waals surface area contributed by atoms with Gasteiger partial charge in [0.2, 0.25) is 0 Å². The lowest BCUT2D eigenvalue weighted by Crippen LogP contribution is -2.48. The molecule has 0 heterocycles. The summed E-state index contributed by atoms with van der Waals surface area (Å²) in [5.41, 5.74) is -0.299. The number of amides is 1. The third kappa shape index (κ3) is 4.88. The number of alkyl halides is 3. The minimum atomic E-state index is -4.94. The third-order valence-electron chi connectivity index (χ3n) is 2.62. The lowest BCUT2D eigenvalue weighted by Gasteiger charge is -2.35. The number of carbonyl (C=O) groups excluding carboxylic acids is 1. The number of halogens is 3. The van der Waals surface area contributed by atoms with E-state index < -0.39 is 17.6 Å². The van der Waals surface area contributed by atoms with Crippen molar-refractivity contribution in [3.63, 3.8) is 0 Å². The summed E-state index contributed by atoms with van der Waals surface area (Å²) < 4.78 is 39.0. The maximum Gasteiger partial charge on any atom is 0.472 e. The van der Waals surface area contributed by atoms with E-state index in [1.54, 1.807) is 36.2 Å². The average molecular weight is 350 g/mol. The summed E-state index contributed by atoms with van der Waals surface area (Å²) in [6.07, 6.45) is -4.94. The number of rotatable bonds is 1. The van der Waals surface area contributed by atoms with E-state index in [0.717, 1.165) is 5.69 Å². The molecule has 0 fully saturated rings. The molecule has 0 radical (unpaired) electrons. The fourth-order valence-electron chi connectivity index (χ4n) is 1.49. The van der Waals surface area contributed by atoms with Crippen molar-refractivity contribution in [1.29, 1.82) is 0 Å². The Bertz CT molecular complexity index is 541. The number of hydrogen-bond donors (Lipinski definition) is 0. The van der Waals surface area contributed by atoms with E-state index in [4.69, 9.17) is 12.2 Å². The topological polar surface area (TPSA) is 23.6 Å². The van der Waals surface area contributed by atoms with Crippen molar-refractivity contribution < 1.29 is 18.0 Å². The Kier molecular flexibility index (Phi) is 5.86. The second-order valence-corrected chi connectivity index (χ2v) is 7.10. The molecule has 0 bridgehead atoms. The van der Waals surface area contributed by atoms with Crippen LogP contribution in [0.5, 0.6) is 0 Å². The Hall–Kier alpha value is -1.28. The van der Waals surface area contributed by atoms with Gasteiger partial charge in [-0.15, -0.1) is 0 Å². The number of nitrogens with zero attached hydrogens (tertiary/aromatic N) is 2. The van der Waals surface area contributed by atoms with Gasteiger partial charge in [0.25, 0.3) is 0 Å². The molecule has 1 aromatic carbocycles. The van der Waals surface area contributed by atoms with Crippen LogP contribution in [0.2, 0.25) is 0 Å². The molecule has 3 nitrogen and oxygen atoms in total. The number of para-hydroxylation sites is 1. The second kappa shape index (κ2) is 6.87. The van der Waals surface area contributed by atoms with Crippen LogP contribution in [0, 0.1) is 0 Å². The van der Waals surface area contributed by atoms with Gasteiger partial charge >= 0.3 is 12.1 Å². The number of benzene rings is 1. The molecule has 1 rings (SSSR count). The van der Waals surface area contributed by atoms with Gasteiger partial charge in [-0.1, -0.05) is 30.4 Å². The molecule has 0 aromatic heterocycles. The molecule has 8 heteroatoms. The highest BCUT2D eigenvalue weighted by atomic mass is 32.2. The first-order chi connectivity index (χ1) is 9.94. The Morgan fingerprint density at radius 1 is 1.14 bits per heavy atom. The molecule has 1 amide bonds. The third-order valence-corrected chi connectivity index (χ3v) is 4.45. The van der Waals surface area contributed by atoms with Crippen molar-refractivity contribution in [1.82, 2.24) is 4.31 Å². The molecular weight excluding hydrogens is 333 g/mol. The second-order valence-electron chi connectivity index (χ2n) is 5.52. The maximum atomic E-state index is 12.7. The Labute approximate surface area is 137 Å². The van der Waals surface area contributed by atoms with E-state index in [-0.39, 0.29) is 4.32 Å². The fraction of sp³-hybridized carbons (Fsp3) is 0.429. The van der Waals surface area contributed by atoms with Gasteiger partial charge in [0.05, 0.1) is 0 Å². The van der Waals surface area contributed by atoms with Crippen LogP contribution in [-0.4, -0.2) is 33.3 Å². The Morgan fingerprint density at radius 3 is 2.05 bits per heavy atom. The minimum Gasteiger partial charge on any atom is -0.329 e. The van der Waals surface area contributed by atoms with E-state index in [2.05, 4.69) is 0 Å². The van der Waals surface area contributed by atoms with E-state index in [9.17, 15) is 18.0 Å². The molecule has 22 heavy (non-hydrogen) atoms. The van der Waals surface area contributed by atoms with E-state index in [1.807, 2.05) is 6.07 Å². The zero-order chi connectivity index (χ0) is 17.1. The predicted octanol–water partition coefficient (Wildman–Crippen LogP) is 4.25. The zero-order valence-electron chi connectivity index (χ0n) is 12.6. The van der Waals surface area contributed by atoms with Gasteiger partial charge < -0.3 is 4.90 Å². The highest BCUT2D eigenvalue weighted by molar-refractivity contribution is 8.22. The largest absolute Gasteiger partial charge is 0.472 e. The predicted molar refractivity (Wildman–Crippen MR) is 87.7 cm³/mol. The van der Waals surface area contributed by atoms with Gasteiger partial charge in [0.1, 0.15) is 0 Å². The van der Waals surface area contributed by atoms with Crippen molar-refractivity contribution in [3.8, 4) is 0 Å². The molecule has 122 valence electrons. The number of hydrogen-bond acceptors (Lipinski definition) is 3. The summed E-state index contributed by atoms with van der Waals surface area (Å²) in [5, 5.41) is 0. The maximum absolute atomic E-state index is 12.7. The van der Waals surface area contributed by atoms with E-state index >= 15 is 0 Å². The van der Waals surface area contributed by atoms with Crippen LogP contribution in [0.3, 0.4) is 0 Å². The SMILES string of the molecule is CN(C(=S)SN(C(=O)C(F)(F)F)C(C)(C)C)c1ccccc1. The Morgan fingerprint density at radius 2 is 1.64 bits per heavy atom. The van der Waals surface area contributed by atoms with Crippen LogP contribution in [0.25, 0.3) is 0 Å². The summed E-state index contributed by atoms with van der Waals surface area (Å²) in [5.74, 6) is -1.92. The summed E-state index contributed by atoms with van der Waals surface area (Å²) in [6, 6.07) is 8.96. The van der Waals surface area contributed by atoms with Gasteiger partial charge in [-0.3, -0.25) is 9.10 Å². The summed E-state index contributed by atoms with van der Waals surface area (Å²) >= 11 is 5.78. The number of anilines is 1. The van der Waals surface area contributed by atoms with Gasteiger partial charge in [-0.2, -0.15) is 13.2 Å². The lowest BCUT2D eigenvalue weighted by molar-refractivity contribution is -0.182. The molecule has 0 aliphatic carbocycles. The normalized spacial score (nSPS) is 12.0. The molecule has 0 N–H and O–H groups in total. The molecule has 0 unspecified atom stereocenters. The summed E-state index contributed by atoms with van der Waals surface area (Å²) in [6.45, 7) is 4.57. The first-order valence-electron chi connectivity index (χ1n) is 6.36. The lowest BCUT2D eigenvalue weighted by atomic mass is 10.1. The minimum absolute atomic E-state index is 0.152. The van der Waals surface area contributed by atoms with Crippen molar-refractivity contribution in [3.05, 3.63) is 30.3 Å². The van der Waals surface area contributed by atoms with Gasteiger partial charge in [-0.05, 0) is 32.9 Å². The molecule has 0 aliphatic rings. The van der Waals surface area contributed by atoms with Crippen LogP contribution in [0.4, 0.5) is 18.9 Å². The van der Waals surface area contributed by atoms with Crippen LogP contribution < -0.4 is 4.90 Å². The number of carbonyl (C=O) groups is 1. The van der Waals surface area contributed by atoms with Crippen molar-refractivity contribution in [2.75, 3.05) is 11.9 Å². The monoisotopic (exact) mass is 350 g/mol. The standard InChI is InChI=1S/C14H17F3N2OS2/c1-13(2,3)19(11(20)14(15,16)17)22-12(21)18(4)10-8-6-5-7-9-10/h5-9H,1-4H3. The zero-order valence-corrected chi connectivity index (χ0v) is 14.3. The molecule has 0 saturated carbocycles. The molecule has 0 saturated heterocycles. The van der Waals surface area contributed by atoms with Crippen LogP contribution in [0.1, 0.15) is 20.8 Å². The smallest absolute Gasteiger partial charge is 0.329 e. The van der Waals surface area contributed by atoms with E-state index in [1.165, 1.54) is 20.8 Å². The van der Waals surface area contributed by atoms with Crippen molar-refractivity contribution >= 4 is 40.1 Å². The first-order valence-corrected chi connectivity index (χ1v) is 7.55. The molecule has 0 atom stereocenters. The van der Waals surface area contributed by atoms with Crippen molar-refractivity contribution in [2.45, 2.75) is 32.5 Å². The highest BCUT2D eigenvalue weighted by Crippen LogP contribution is 2.32. The molecule has 0 spiro atoms. The first kappa shape index (κ1) is 18.8. The fourth-order valence-corrected chi connectivity index (χ4v) is 2.67. The highest BCUT2D eigenvalue weighted by Gasteiger charge is 2.47. The summed E-state index contributed by atoms with van der Waals surface area (Å²) in [4.78, 5) is 13.2. The number of thiocarbonyl (C=S) groups is 1. The van der Waals surface area contributed by atoms with Gasteiger partial charge in [0, 0.05) is 30.2 Å². The molecule has 1 aromatic rings. The van der Waals surface area contributed by atoms with Crippen LogP contribution in [0.15, 0.2) is 30.3 Å². The molecule has 0 aliphatic heterocycles. The van der Waals surface area contributed by atoms with Crippen LogP contribution >= 0.6 is 24.2 Å². The van der Waals surface area contributed by atoms with E-state index in [0.29, 0.717) is 16.3 Å². The average Bonchev–Trinajstić information content (AvgIpc) is 2.41. The van der Waals surface area contributed by atoms with Crippen molar-refractivity contribution in [2.24, 2.45) is 0 Å². The van der Waals surface area contributed by atoms with Gasteiger partial charge in [0.15, 0.2) is 4.32 Å².